The van der Waals surface area contributed by atoms with Crippen molar-refractivity contribution in [2.45, 2.75) is 50.4 Å². The topological polar surface area (TPSA) is 76.9 Å². The Morgan fingerprint density at radius 1 is 1.34 bits per heavy atom. The molecule has 1 aliphatic carbocycles. The third-order valence-corrected chi connectivity index (χ3v) is 8.66. The van der Waals surface area contributed by atoms with Crippen LogP contribution in [0.5, 0.6) is 0 Å². The summed E-state index contributed by atoms with van der Waals surface area (Å²) in [6.45, 7) is 2.45. The lowest BCUT2D eigenvalue weighted by Gasteiger charge is -2.14. The second kappa shape index (κ2) is 7.70. The third-order valence-electron chi connectivity index (χ3n) is 5.36. The minimum atomic E-state index is -0.120. The number of nitrogens with zero attached hydrogens (tertiary/aromatic N) is 3. The maximum atomic E-state index is 12.9. The molecule has 150 valence electrons. The zero-order chi connectivity index (χ0) is 20.0. The fourth-order valence-corrected chi connectivity index (χ4v) is 6.82. The highest BCUT2D eigenvalue weighted by molar-refractivity contribution is 7.99. The van der Waals surface area contributed by atoms with E-state index in [1.807, 2.05) is 18.4 Å². The van der Waals surface area contributed by atoms with Crippen LogP contribution in [0.3, 0.4) is 0 Å². The van der Waals surface area contributed by atoms with E-state index >= 15 is 0 Å². The summed E-state index contributed by atoms with van der Waals surface area (Å²) in [7, 11) is 0. The zero-order valence-electron chi connectivity index (χ0n) is 15.9. The Hall–Kier alpha value is -1.97. The number of nitrogens with one attached hydrogen (secondary N) is 1. The number of aryl methyl sites for hydroxylation is 2. The second-order valence-electron chi connectivity index (χ2n) is 7.30. The van der Waals surface area contributed by atoms with E-state index in [1.54, 1.807) is 39.0 Å². The van der Waals surface area contributed by atoms with Gasteiger partial charge in [0, 0.05) is 22.6 Å². The number of thiophene rings is 1. The molecule has 1 N–H and O–H groups in total. The van der Waals surface area contributed by atoms with Crippen LogP contribution in [-0.2, 0) is 24.2 Å². The number of hydrogen-bond acceptors (Lipinski definition) is 7. The van der Waals surface area contributed by atoms with Crippen LogP contribution in [0.1, 0.15) is 40.7 Å². The molecule has 2 aliphatic rings. The van der Waals surface area contributed by atoms with Crippen molar-refractivity contribution in [1.82, 2.24) is 19.9 Å². The molecule has 3 aromatic rings. The predicted octanol–water partition coefficient (Wildman–Crippen LogP) is 3.58. The standard InChI is InChI=1S/C20H20N4O2S3/c1-11-16(29-18(22-11)15-6-3-7-27-15)9-21-17(25)8-12-10-28-20-23-14-5-2-4-13(14)19(26)24(12)20/h3,6-7,12H,2,4-5,8-10H2,1H3,(H,21,25). The lowest BCUT2D eigenvalue weighted by atomic mass is 10.2. The fraction of sp³-hybridized carbons (Fsp3) is 0.400. The minimum absolute atomic E-state index is 0.0404. The molecule has 0 saturated carbocycles. The van der Waals surface area contributed by atoms with Crippen molar-refractivity contribution >= 4 is 40.3 Å². The van der Waals surface area contributed by atoms with Crippen LogP contribution in [0.2, 0.25) is 0 Å². The Balaban J connectivity index is 1.26. The van der Waals surface area contributed by atoms with Crippen molar-refractivity contribution in [2.24, 2.45) is 0 Å². The predicted molar refractivity (Wildman–Crippen MR) is 117 cm³/mol. The first-order valence-electron chi connectivity index (χ1n) is 9.64. The molecule has 1 atom stereocenters. The number of thiazole rings is 1. The molecule has 0 spiro atoms. The number of fused-ring (bicyclic) bond motifs is 2. The minimum Gasteiger partial charge on any atom is -0.351 e. The van der Waals surface area contributed by atoms with E-state index in [-0.39, 0.29) is 17.5 Å². The molecule has 4 heterocycles. The molecule has 6 nitrogen and oxygen atoms in total. The van der Waals surface area contributed by atoms with E-state index < -0.39 is 0 Å². The van der Waals surface area contributed by atoms with Crippen LogP contribution in [0.4, 0.5) is 0 Å². The number of hydrogen-bond donors (Lipinski definition) is 1. The molecule has 0 fully saturated rings. The smallest absolute Gasteiger partial charge is 0.257 e. The number of aromatic nitrogens is 3. The van der Waals surface area contributed by atoms with Gasteiger partial charge in [0.25, 0.3) is 5.56 Å². The largest absolute Gasteiger partial charge is 0.351 e. The van der Waals surface area contributed by atoms with Gasteiger partial charge in [-0.15, -0.1) is 22.7 Å². The van der Waals surface area contributed by atoms with Gasteiger partial charge in [0.2, 0.25) is 5.91 Å². The van der Waals surface area contributed by atoms with Crippen LogP contribution < -0.4 is 10.9 Å². The van der Waals surface area contributed by atoms with Crippen LogP contribution in [0.15, 0.2) is 27.5 Å². The van der Waals surface area contributed by atoms with Gasteiger partial charge in [-0.25, -0.2) is 9.97 Å². The number of rotatable bonds is 5. The molecule has 9 heteroatoms. The monoisotopic (exact) mass is 444 g/mol. The van der Waals surface area contributed by atoms with Gasteiger partial charge in [0.1, 0.15) is 5.01 Å². The van der Waals surface area contributed by atoms with Gasteiger partial charge in [0.05, 0.1) is 28.9 Å². The molecular weight excluding hydrogens is 424 g/mol. The van der Waals surface area contributed by atoms with E-state index in [0.29, 0.717) is 13.0 Å². The van der Waals surface area contributed by atoms with Crippen molar-refractivity contribution in [3.63, 3.8) is 0 Å². The molecule has 0 aromatic carbocycles. The quantitative estimate of drug-likeness (QED) is 0.609. The van der Waals surface area contributed by atoms with Crippen LogP contribution >= 0.6 is 34.4 Å². The Bertz CT molecular complexity index is 1130. The molecule has 5 rings (SSSR count). The Kier molecular flexibility index (Phi) is 5.05. The lowest BCUT2D eigenvalue weighted by Crippen LogP contribution is -2.32. The normalized spacial score (nSPS) is 17.3. The number of amides is 1. The summed E-state index contributed by atoms with van der Waals surface area (Å²) in [6, 6.07) is 3.95. The Morgan fingerprint density at radius 3 is 3.07 bits per heavy atom. The first-order valence-corrected chi connectivity index (χ1v) is 12.3. The first kappa shape index (κ1) is 19.0. The van der Waals surface area contributed by atoms with Crippen LogP contribution in [-0.4, -0.2) is 26.2 Å². The summed E-state index contributed by atoms with van der Waals surface area (Å²) in [5.41, 5.74) is 2.82. The van der Waals surface area contributed by atoms with E-state index in [2.05, 4.69) is 21.4 Å². The molecule has 29 heavy (non-hydrogen) atoms. The summed E-state index contributed by atoms with van der Waals surface area (Å²) in [5, 5.41) is 6.82. The maximum Gasteiger partial charge on any atom is 0.257 e. The second-order valence-corrected chi connectivity index (χ2v) is 10.3. The summed E-state index contributed by atoms with van der Waals surface area (Å²) in [6.07, 6.45) is 3.00. The molecule has 3 aromatic heterocycles. The Labute approximate surface area is 180 Å². The molecule has 0 bridgehead atoms. The zero-order valence-corrected chi connectivity index (χ0v) is 18.4. The van der Waals surface area contributed by atoms with Gasteiger partial charge in [-0.05, 0) is 37.6 Å². The maximum absolute atomic E-state index is 12.9. The summed E-state index contributed by atoms with van der Waals surface area (Å²) >= 11 is 4.87. The third kappa shape index (κ3) is 3.55. The van der Waals surface area contributed by atoms with E-state index in [9.17, 15) is 9.59 Å². The lowest BCUT2D eigenvalue weighted by molar-refractivity contribution is -0.121. The Morgan fingerprint density at radius 2 is 2.24 bits per heavy atom. The van der Waals surface area contributed by atoms with E-state index in [4.69, 9.17) is 0 Å². The van der Waals surface area contributed by atoms with Gasteiger partial charge in [0.15, 0.2) is 5.16 Å². The highest BCUT2D eigenvalue weighted by Gasteiger charge is 2.31. The molecule has 1 unspecified atom stereocenters. The number of carbonyl (C=O) groups excluding carboxylic acids is 1. The van der Waals surface area contributed by atoms with Crippen molar-refractivity contribution in [1.29, 1.82) is 0 Å². The van der Waals surface area contributed by atoms with Crippen molar-refractivity contribution in [3.05, 3.63) is 49.7 Å². The molecule has 0 saturated heterocycles. The summed E-state index contributed by atoms with van der Waals surface area (Å²) in [4.78, 5) is 37.0. The van der Waals surface area contributed by atoms with Gasteiger partial charge in [-0.1, -0.05) is 17.8 Å². The number of carbonyl (C=O) groups is 1. The van der Waals surface area contributed by atoms with Gasteiger partial charge in [-0.2, -0.15) is 0 Å². The van der Waals surface area contributed by atoms with E-state index in [0.717, 1.165) is 61.9 Å². The van der Waals surface area contributed by atoms with Crippen molar-refractivity contribution in [3.8, 4) is 9.88 Å². The average Bonchev–Trinajstić information content (AvgIpc) is 3.47. The summed E-state index contributed by atoms with van der Waals surface area (Å²) in [5.74, 6) is 0.682. The van der Waals surface area contributed by atoms with Crippen molar-refractivity contribution in [2.75, 3.05) is 5.75 Å². The van der Waals surface area contributed by atoms with Gasteiger partial charge >= 0.3 is 0 Å². The van der Waals surface area contributed by atoms with Crippen molar-refractivity contribution < 1.29 is 4.79 Å². The molecule has 0 radical (unpaired) electrons. The molecular formula is C20H20N4O2S3. The first-order chi connectivity index (χ1) is 14.1. The molecule has 1 aliphatic heterocycles. The van der Waals surface area contributed by atoms with E-state index in [1.165, 1.54) is 0 Å². The highest BCUT2D eigenvalue weighted by Crippen LogP contribution is 2.34. The summed E-state index contributed by atoms with van der Waals surface area (Å²) < 4.78 is 1.75. The fourth-order valence-electron chi connectivity index (χ4n) is 3.87. The van der Waals surface area contributed by atoms with Crippen LogP contribution in [0, 0.1) is 6.92 Å². The van der Waals surface area contributed by atoms with Gasteiger partial charge < -0.3 is 5.32 Å². The van der Waals surface area contributed by atoms with Gasteiger partial charge in [-0.3, -0.25) is 14.2 Å². The molecule has 1 amide bonds. The highest BCUT2D eigenvalue weighted by atomic mass is 32.2. The average molecular weight is 445 g/mol. The number of thioether (sulfide) groups is 1. The SMILES string of the molecule is Cc1nc(-c2cccs2)sc1CNC(=O)CC1CSc2nc3c(c(=O)n21)CCC3. The van der Waals surface area contributed by atoms with Crippen LogP contribution in [0.25, 0.3) is 9.88 Å².